The highest BCUT2D eigenvalue weighted by Gasteiger charge is 2.18. The van der Waals surface area contributed by atoms with Gasteiger partial charge in [0, 0.05) is 30.9 Å². The van der Waals surface area contributed by atoms with E-state index in [1.165, 1.54) is 0 Å². The van der Waals surface area contributed by atoms with Crippen LogP contribution in [-0.4, -0.2) is 60.3 Å². The SMILES string of the molecule is O=C(CC1CCNCC1)Nc1ccc(-c2cc3c(N4CCOCC4)ncnc3[nH]2)cc1. The Hall–Kier alpha value is -2.97. The van der Waals surface area contributed by atoms with Crippen molar-refractivity contribution in [2.45, 2.75) is 19.3 Å². The molecule has 3 N–H and O–H groups in total. The molecule has 162 valence electrons. The van der Waals surface area contributed by atoms with E-state index in [9.17, 15) is 4.79 Å². The summed E-state index contributed by atoms with van der Waals surface area (Å²) in [4.78, 5) is 26.9. The predicted octanol–water partition coefficient (Wildman–Crippen LogP) is 2.79. The zero-order chi connectivity index (χ0) is 21.0. The number of nitrogens with one attached hydrogen (secondary N) is 3. The molecule has 0 saturated carbocycles. The first kappa shape index (κ1) is 20.0. The molecule has 0 aliphatic carbocycles. The molecule has 1 amide bonds. The Bertz CT molecular complexity index is 1040. The van der Waals surface area contributed by atoms with Gasteiger partial charge >= 0.3 is 0 Å². The summed E-state index contributed by atoms with van der Waals surface area (Å²) in [5, 5.41) is 7.39. The number of benzene rings is 1. The van der Waals surface area contributed by atoms with Crippen molar-refractivity contribution in [1.82, 2.24) is 20.3 Å². The molecule has 0 radical (unpaired) electrons. The molecule has 2 fully saturated rings. The fourth-order valence-electron chi connectivity index (χ4n) is 4.40. The summed E-state index contributed by atoms with van der Waals surface area (Å²) >= 11 is 0. The summed E-state index contributed by atoms with van der Waals surface area (Å²) in [6.45, 7) is 5.11. The second kappa shape index (κ2) is 9.03. The summed E-state index contributed by atoms with van der Waals surface area (Å²) in [6.07, 6.45) is 4.34. The van der Waals surface area contributed by atoms with E-state index in [0.29, 0.717) is 25.6 Å². The van der Waals surface area contributed by atoms with Gasteiger partial charge in [-0.15, -0.1) is 0 Å². The number of fused-ring (bicyclic) bond motifs is 1. The Labute approximate surface area is 181 Å². The highest BCUT2D eigenvalue weighted by molar-refractivity contribution is 5.93. The van der Waals surface area contributed by atoms with Gasteiger partial charge in [-0.1, -0.05) is 12.1 Å². The number of anilines is 2. The Morgan fingerprint density at radius 2 is 1.90 bits per heavy atom. The molecule has 0 spiro atoms. The van der Waals surface area contributed by atoms with E-state index in [4.69, 9.17) is 4.74 Å². The van der Waals surface area contributed by atoms with Gasteiger partial charge in [0.2, 0.25) is 5.91 Å². The Kier molecular flexibility index (Phi) is 5.82. The number of carbonyl (C=O) groups is 1. The minimum absolute atomic E-state index is 0.0932. The molecule has 2 aliphatic heterocycles. The van der Waals surface area contributed by atoms with E-state index in [1.807, 2.05) is 24.3 Å². The van der Waals surface area contributed by atoms with Crippen LogP contribution in [0.25, 0.3) is 22.3 Å². The molecule has 2 aliphatic rings. The van der Waals surface area contributed by atoms with Crippen molar-refractivity contribution in [3.8, 4) is 11.3 Å². The highest BCUT2D eigenvalue weighted by atomic mass is 16.5. The fourth-order valence-corrected chi connectivity index (χ4v) is 4.40. The van der Waals surface area contributed by atoms with Crippen molar-refractivity contribution in [3.05, 3.63) is 36.7 Å². The van der Waals surface area contributed by atoms with Crippen molar-refractivity contribution < 1.29 is 9.53 Å². The van der Waals surface area contributed by atoms with E-state index in [1.54, 1.807) is 6.33 Å². The number of H-pyrrole nitrogens is 1. The highest BCUT2D eigenvalue weighted by Crippen LogP contribution is 2.29. The maximum absolute atomic E-state index is 12.4. The monoisotopic (exact) mass is 420 g/mol. The first-order chi connectivity index (χ1) is 15.3. The largest absolute Gasteiger partial charge is 0.378 e. The Balaban J connectivity index is 1.29. The predicted molar refractivity (Wildman–Crippen MR) is 121 cm³/mol. The molecule has 0 atom stereocenters. The molecule has 2 aromatic heterocycles. The maximum atomic E-state index is 12.4. The van der Waals surface area contributed by atoms with Crippen molar-refractivity contribution >= 4 is 28.4 Å². The smallest absolute Gasteiger partial charge is 0.224 e. The van der Waals surface area contributed by atoms with Gasteiger partial charge in [-0.05, 0) is 55.6 Å². The van der Waals surface area contributed by atoms with Gasteiger partial charge in [0.05, 0.1) is 18.6 Å². The lowest BCUT2D eigenvalue weighted by Gasteiger charge is -2.27. The number of aromatic nitrogens is 3. The lowest BCUT2D eigenvalue weighted by atomic mass is 9.94. The quantitative estimate of drug-likeness (QED) is 0.588. The molecule has 5 rings (SSSR count). The van der Waals surface area contributed by atoms with E-state index in [-0.39, 0.29) is 5.91 Å². The first-order valence-corrected chi connectivity index (χ1v) is 11.0. The second-order valence-corrected chi connectivity index (χ2v) is 8.27. The van der Waals surface area contributed by atoms with Crippen LogP contribution in [0.3, 0.4) is 0 Å². The Morgan fingerprint density at radius 1 is 1.13 bits per heavy atom. The average molecular weight is 421 g/mol. The lowest BCUT2D eigenvalue weighted by Crippen LogP contribution is -2.36. The van der Waals surface area contributed by atoms with Crippen LogP contribution in [0.2, 0.25) is 0 Å². The number of morpholine rings is 1. The third-order valence-corrected chi connectivity index (χ3v) is 6.13. The molecule has 3 aromatic rings. The summed E-state index contributed by atoms with van der Waals surface area (Å²) in [5.74, 6) is 1.52. The number of hydrogen-bond donors (Lipinski definition) is 3. The van der Waals surface area contributed by atoms with Crippen molar-refractivity contribution in [2.75, 3.05) is 49.6 Å². The number of rotatable bonds is 5. The Morgan fingerprint density at radius 3 is 2.68 bits per heavy atom. The van der Waals surface area contributed by atoms with Gasteiger partial charge in [0.15, 0.2) is 0 Å². The molecule has 0 unspecified atom stereocenters. The van der Waals surface area contributed by atoms with Crippen molar-refractivity contribution in [2.24, 2.45) is 5.92 Å². The molecule has 1 aromatic carbocycles. The van der Waals surface area contributed by atoms with Crippen LogP contribution in [0.4, 0.5) is 11.5 Å². The molecule has 2 saturated heterocycles. The van der Waals surface area contributed by atoms with E-state index in [2.05, 4.69) is 36.6 Å². The minimum Gasteiger partial charge on any atom is -0.378 e. The number of amides is 1. The van der Waals surface area contributed by atoms with Crippen LogP contribution in [0.1, 0.15) is 19.3 Å². The van der Waals surface area contributed by atoms with Gasteiger partial charge in [-0.3, -0.25) is 4.79 Å². The third kappa shape index (κ3) is 4.55. The van der Waals surface area contributed by atoms with Crippen LogP contribution in [-0.2, 0) is 9.53 Å². The van der Waals surface area contributed by atoms with E-state index in [0.717, 1.165) is 72.8 Å². The van der Waals surface area contributed by atoms with Crippen molar-refractivity contribution in [3.63, 3.8) is 0 Å². The zero-order valence-corrected chi connectivity index (χ0v) is 17.6. The number of carbonyl (C=O) groups excluding carboxylic acids is 1. The first-order valence-electron chi connectivity index (χ1n) is 11.0. The van der Waals surface area contributed by atoms with Gasteiger partial charge in [-0.25, -0.2) is 9.97 Å². The standard InChI is InChI=1S/C23H28N6O2/c30-21(13-16-5-7-24-8-6-16)27-18-3-1-17(2-4-18)20-14-19-22(28-20)25-15-26-23(19)29-9-11-31-12-10-29/h1-4,14-16,24H,5-13H2,(H,27,30)(H,25,26,28). The number of ether oxygens (including phenoxy) is 1. The molecule has 4 heterocycles. The van der Waals surface area contributed by atoms with Gasteiger partial charge in [0.25, 0.3) is 0 Å². The molecular formula is C23H28N6O2. The molecule has 31 heavy (non-hydrogen) atoms. The van der Waals surface area contributed by atoms with Crippen LogP contribution in [0.15, 0.2) is 36.7 Å². The lowest BCUT2D eigenvalue weighted by molar-refractivity contribution is -0.117. The van der Waals surface area contributed by atoms with Gasteiger partial charge < -0.3 is 25.3 Å². The summed E-state index contributed by atoms with van der Waals surface area (Å²) in [5.41, 5.74) is 3.68. The van der Waals surface area contributed by atoms with Crippen LogP contribution in [0.5, 0.6) is 0 Å². The maximum Gasteiger partial charge on any atom is 0.224 e. The summed E-state index contributed by atoms with van der Waals surface area (Å²) in [6, 6.07) is 10.1. The second-order valence-electron chi connectivity index (χ2n) is 8.27. The van der Waals surface area contributed by atoms with Crippen LogP contribution in [0, 0.1) is 5.92 Å². The van der Waals surface area contributed by atoms with Crippen molar-refractivity contribution in [1.29, 1.82) is 0 Å². The molecular weight excluding hydrogens is 392 g/mol. The van der Waals surface area contributed by atoms with Gasteiger partial charge in [-0.2, -0.15) is 0 Å². The third-order valence-electron chi connectivity index (χ3n) is 6.13. The van der Waals surface area contributed by atoms with E-state index >= 15 is 0 Å². The van der Waals surface area contributed by atoms with Crippen LogP contribution >= 0.6 is 0 Å². The number of piperidine rings is 1. The molecule has 0 bridgehead atoms. The number of nitrogens with zero attached hydrogens (tertiary/aromatic N) is 3. The summed E-state index contributed by atoms with van der Waals surface area (Å²) < 4.78 is 5.46. The number of hydrogen-bond acceptors (Lipinski definition) is 6. The number of aromatic amines is 1. The zero-order valence-electron chi connectivity index (χ0n) is 17.6. The topological polar surface area (TPSA) is 95.2 Å². The molecule has 8 nitrogen and oxygen atoms in total. The molecule has 8 heteroatoms. The van der Waals surface area contributed by atoms with E-state index < -0.39 is 0 Å². The van der Waals surface area contributed by atoms with Crippen LogP contribution < -0.4 is 15.5 Å². The normalized spacial score (nSPS) is 17.7. The summed E-state index contributed by atoms with van der Waals surface area (Å²) in [7, 11) is 0. The fraction of sp³-hybridized carbons (Fsp3) is 0.435. The minimum atomic E-state index is 0.0932. The average Bonchev–Trinajstić information content (AvgIpc) is 3.25. The van der Waals surface area contributed by atoms with Gasteiger partial charge in [0.1, 0.15) is 17.8 Å².